The van der Waals surface area contributed by atoms with Crippen LogP contribution in [0.15, 0.2) is 17.0 Å². The summed E-state index contributed by atoms with van der Waals surface area (Å²) in [6.45, 7) is 6.16. The summed E-state index contributed by atoms with van der Waals surface area (Å²) in [6, 6.07) is 1.91. The standard InChI is InChI=1S/C12H15BrN4/c1-4-5-11-15-10(13)6-12(16-11)17-7-14-8(2)9(17)3/h6-7H,4-5H2,1-3H3. The molecule has 0 spiro atoms. The SMILES string of the molecule is CCCc1nc(Br)cc(-n2cnc(C)c2C)n1. The van der Waals surface area contributed by atoms with Crippen LogP contribution in [0.3, 0.4) is 0 Å². The predicted octanol–water partition coefficient (Wildman–Crippen LogP) is 2.99. The van der Waals surface area contributed by atoms with E-state index in [1.165, 1.54) is 0 Å². The van der Waals surface area contributed by atoms with Gasteiger partial charge in [-0.25, -0.2) is 15.0 Å². The van der Waals surface area contributed by atoms with Crippen LogP contribution in [0.2, 0.25) is 0 Å². The van der Waals surface area contributed by atoms with Crippen LogP contribution in [0.25, 0.3) is 5.82 Å². The van der Waals surface area contributed by atoms with Gasteiger partial charge in [0.25, 0.3) is 0 Å². The second kappa shape index (κ2) is 4.96. The third-order valence-corrected chi connectivity index (χ3v) is 3.11. The number of aryl methyl sites for hydroxylation is 2. The zero-order chi connectivity index (χ0) is 12.4. The summed E-state index contributed by atoms with van der Waals surface area (Å²) in [5.74, 6) is 1.73. The zero-order valence-electron chi connectivity index (χ0n) is 10.2. The van der Waals surface area contributed by atoms with Crippen LogP contribution in [0.4, 0.5) is 0 Å². The second-order valence-electron chi connectivity index (χ2n) is 4.00. The first-order valence-corrected chi connectivity index (χ1v) is 6.45. The first-order valence-electron chi connectivity index (χ1n) is 5.66. The molecule has 2 aromatic heterocycles. The van der Waals surface area contributed by atoms with Crippen molar-refractivity contribution in [2.75, 3.05) is 0 Å². The Labute approximate surface area is 109 Å². The Hall–Kier alpha value is -1.23. The van der Waals surface area contributed by atoms with Crippen molar-refractivity contribution in [1.29, 1.82) is 0 Å². The maximum atomic E-state index is 4.55. The van der Waals surface area contributed by atoms with E-state index in [1.54, 1.807) is 6.33 Å². The third-order valence-electron chi connectivity index (χ3n) is 2.70. The van der Waals surface area contributed by atoms with Gasteiger partial charge in [-0.05, 0) is 36.2 Å². The van der Waals surface area contributed by atoms with Crippen molar-refractivity contribution in [2.24, 2.45) is 0 Å². The van der Waals surface area contributed by atoms with Crippen molar-refractivity contribution < 1.29 is 0 Å². The van der Waals surface area contributed by atoms with Crippen LogP contribution in [0.5, 0.6) is 0 Å². The van der Waals surface area contributed by atoms with Crippen LogP contribution in [0.1, 0.15) is 30.6 Å². The van der Waals surface area contributed by atoms with E-state index in [4.69, 9.17) is 0 Å². The number of hydrogen-bond acceptors (Lipinski definition) is 3. The summed E-state index contributed by atoms with van der Waals surface area (Å²) >= 11 is 3.43. The molecule has 0 saturated carbocycles. The van der Waals surface area contributed by atoms with E-state index in [9.17, 15) is 0 Å². The fraction of sp³-hybridized carbons (Fsp3) is 0.417. The molecule has 0 bridgehead atoms. The van der Waals surface area contributed by atoms with Gasteiger partial charge in [0, 0.05) is 18.2 Å². The highest BCUT2D eigenvalue weighted by Crippen LogP contribution is 2.16. The van der Waals surface area contributed by atoms with Crippen LogP contribution in [-0.4, -0.2) is 19.5 Å². The highest BCUT2D eigenvalue weighted by molar-refractivity contribution is 9.10. The van der Waals surface area contributed by atoms with Crippen LogP contribution in [0, 0.1) is 13.8 Å². The summed E-state index contributed by atoms with van der Waals surface area (Å²) in [5, 5.41) is 0. The van der Waals surface area contributed by atoms with Gasteiger partial charge in [-0.1, -0.05) is 6.92 Å². The second-order valence-corrected chi connectivity index (χ2v) is 4.81. The molecule has 0 aliphatic rings. The fourth-order valence-corrected chi connectivity index (χ4v) is 2.05. The molecule has 0 unspecified atom stereocenters. The normalized spacial score (nSPS) is 10.8. The quantitative estimate of drug-likeness (QED) is 0.818. The number of hydrogen-bond donors (Lipinski definition) is 0. The first-order chi connectivity index (χ1) is 8.11. The third kappa shape index (κ3) is 2.54. The molecule has 0 N–H and O–H groups in total. The average molecular weight is 295 g/mol. The molecule has 5 heteroatoms. The maximum Gasteiger partial charge on any atom is 0.142 e. The Morgan fingerprint density at radius 3 is 2.65 bits per heavy atom. The molecule has 0 aromatic carbocycles. The highest BCUT2D eigenvalue weighted by Gasteiger charge is 2.08. The van der Waals surface area contributed by atoms with E-state index in [-0.39, 0.29) is 0 Å². The van der Waals surface area contributed by atoms with Gasteiger partial charge in [-0.3, -0.25) is 4.57 Å². The van der Waals surface area contributed by atoms with Crippen molar-refractivity contribution in [3.05, 3.63) is 34.2 Å². The lowest BCUT2D eigenvalue weighted by molar-refractivity contribution is 0.806. The van der Waals surface area contributed by atoms with E-state index in [0.717, 1.165) is 40.5 Å². The van der Waals surface area contributed by atoms with Crippen molar-refractivity contribution in [1.82, 2.24) is 19.5 Å². The summed E-state index contributed by atoms with van der Waals surface area (Å²) in [7, 11) is 0. The lowest BCUT2D eigenvalue weighted by atomic mass is 10.3. The largest absolute Gasteiger partial charge is 0.287 e. The molecule has 0 radical (unpaired) electrons. The Bertz CT molecular complexity index is 533. The molecular weight excluding hydrogens is 280 g/mol. The smallest absolute Gasteiger partial charge is 0.142 e. The minimum Gasteiger partial charge on any atom is -0.287 e. The number of rotatable bonds is 3. The predicted molar refractivity (Wildman–Crippen MR) is 70.3 cm³/mol. The van der Waals surface area contributed by atoms with Crippen molar-refractivity contribution >= 4 is 15.9 Å². The Morgan fingerprint density at radius 1 is 1.29 bits per heavy atom. The molecule has 0 aliphatic heterocycles. The minimum atomic E-state index is 0.816. The molecule has 2 heterocycles. The number of nitrogens with zero attached hydrogens (tertiary/aromatic N) is 4. The molecule has 0 aliphatic carbocycles. The molecule has 0 amide bonds. The summed E-state index contributed by atoms with van der Waals surface area (Å²) in [5.41, 5.74) is 2.13. The zero-order valence-corrected chi connectivity index (χ0v) is 11.8. The molecule has 4 nitrogen and oxygen atoms in total. The molecular formula is C12H15BrN4. The van der Waals surface area contributed by atoms with Gasteiger partial charge < -0.3 is 0 Å². The van der Waals surface area contributed by atoms with Crippen molar-refractivity contribution in [3.8, 4) is 5.82 Å². The Balaban J connectivity index is 2.48. The molecule has 90 valence electrons. The van der Waals surface area contributed by atoms with E-state index < -0.39 is 0 Å². The molecule has 0 atom stereocenters. The minimum absolute atomic E-state index is 0.816. The monoisotopic (exact) mass is 294 g/mol. The van der Waals surface area contributed by atoms with E-state index in [1.807, 2.05) is 24.5 Å². The molecule has 2 aromatic rings. The first kappa shape index (κ1) is 12.2. The average Bonchev–Trinajstić information content (AvgIpc) is 2.59. The van der Waals surface area contributed by atoms with Crippen molar-refractivity contribution in [2.45, 2.75) is 33.6 Å². The van der Waals surface area contributed by atoms with Gasteiger partial charge in [0.05, 0.1) is 5.69 Å². The molecule has 0 fully saturated rings. The Morgan fingerprint density at radius 2 is 2.06 bits per heavy atom. The van der Waals surface area contributed by atoms with E-state index in [2.05, 4.69) is 37.8 Å². The highest BCUT2D eigenvalue weighted by atomic mass is 79.9. The van der Waals surface area contributed by atoms with Gasteiger partial charge in [-0.2, -0.15) is 0 Å². The summed E-state index contributed by atoms with van der Waals surface area (Å²) in [6.07, 6.45) is 3.73. The summed E-state index contributed by atoms with van der Waals surface area (Å²) < 4.78 is 2.80. The fourth-order valence-electron chi connectivity index (χ4n) is 1.64. The molecule has 2 rings (SSSR count). The number of halogens is 1. The molecule has 17 heavy (non-hydrogen) atoms. The lowest BCUT2D eigenvalue weighted by Gasteiger charge is -2.07. The lowest BCUT2D eigenvalue weighted by Crippen LogP contribution is -2.04. The van der Waals surface area contributed by atoms with Gasteiger partial charge in [0.15, 0.2) is 0 Å². The van der Waals surface area contributed by atoms with Crippen LogP contribution in [-0.2, 0) is 6.42 Å². The van der Waals surface area contributed by atoms with E-state index >= 15 is 0 Å². The maximum absolute atomic E-state index is 4.55. The molecule has 0 saturated heterocycles. The van der Waals surface area contributed by atoms with Crippen LogP contribution >= 0.6 is 15.9 Å². The summed E-state index contributed by atoms with van der Waals surface area (Å²) in [4.78, 5) is 13.2. The number of aromatic nitrogens is 4. The van der Waals surface area contributed by atoms with Gasteiger partial charge in [0.1, 0.15) is 22.6 Å². The van der Waals surface area contributed by atoms with Gasteiger partial charge in [0.2, 0.25) is 0 Å². The van der Waals surface area contributed by atoms with Gasteiger partial charge in [-0.15, -0.1) is 0 Å². The van der Waals surface area contributed by atoms with E-state index in [0.29, 0.717) is 0 Å². The Kier molecular flexibility index (Phi) is 3.57. The van der Waals surface area contributed by atoms with Crippen LogP contribution < -0.4 is 0 Å². The topological polar surface area (TPSA) is 43.6 Å². The number of imidazole rings is 1. The van der Waals surface area contributed by atoms with Gasteiger partial charge >= 0.3 is 0 Å². The van der Waals surface area contributed by atoms with Crippen molar-refractivity contribution in [3.63, 3.8) is 0 Å².